The van der Waals surface area contributed by atoms with E-state index in [4.69, 9.17) is 19.5 Å². The van der Waals surface area contributed by atoms with Crippen molar-refractivity contribution in [2.75, 3.05) is 20.3 Å². The van der Waals surface area contributed by atoms with Gasteiger partial charge >= 0.3 is 0 Å². The minimum Gasteiger partial charge on any atom is -0.496 e. The Morgan fingerprint density at radius 3 is 2.84 bits per heavy atom. The van der Waals surface area contributed by atoms with Crippen LogP contribution in [0.2, 0.25) is 0 Å². The molecule has 166 valence electrons. The number of ether oxygens (including phenoxy) is 2. The molecule has 0 aliphatic carbocycles. The monoisotopic (exact) mass is 447 g/mol. The second kappa shape index (κ2) is 9.12. The first-order valence-corrected chi connectivity index (χ1v) is 12.0. The number of rotatable bonds is 5. The Morgan fingerprint density at radius 2 is 2.03 bits per heavy atom. The van der Waals surface area contributed by atoms with Gasteiger partial charge in [-0.3, -0.25) is 4.99 Å². The molecule has 1 aromatic heterocycles. The summed E-state index contributed by atoms with van der Waals surface area (Å²) >= 11 is 1.67. The molecule has 0 bridgehead atoms. The number of aromatic nitrogens is 1. The molecule has 0 radical (unpaired) electrons. The van der Waals surface area contributed by atoms with Crippen LogP contribution in [0.5, 0.6) is 5.75 Å². The highest BCUT2D eigenvalue weighted by atomic mass is 32.2. The SMILES string of the molecule is COc1ccccc1CN1Cc2cc3cc(C)c(C)cc3nc2SC1=NC[C@H]1CCCO1. The van der Waals surface area contributed by atoms with Gasteiger partial charge in [0.2, 0.25) is 0 Å². The zero-order valence-electron chi connectivity index (χ0n) is 18.9. The molecule has 2 aliphatic rings. The molecular formula is C26H29N3O2S. The molecule has 0 saturated carbocycles. The molecule has 5 nitrogen and oxygen atoms in total. The molecule has 2 aliphatic heterocycles. The van der Waals surface area contributed by atoms with E-state index in [2.05, 4.69) is 49.1 Å². The molecule has 5 rings (SSSR count). The van der Waals surface area contributed by atoms with Crippen LogP contribution in [0.4, 0.5) is 0 Å². The standard InChI is InChI=1S/C26H29N3O2S/c1-17-11-20-13-21-16-29(15-19-7-4-5-9-24(19)30-3)26(27-14-22-8-6-10-31-22)32-25(21)28-23(20)12-18(17)2/h4-5,7,9,11-13,22H,6,8,10,14-16H2,1-3H3/t22-/m1/s1. The van der Waals surface area contributed by atoms with Gasteiger partial charge in [0.05, 0.1) is 25.3 Å². The number of fused-ring (bicyclic) bond motifs is 2. The summed E-state index contributed by atoms with van der Waals surface area (Å²) in [5.41, 5.74) is 6.03. The Morgan fingerprint density at radius 1 is 1.19 bits per heavy atom. The van der Waals surface area contributed by atoms with E-state index in [1.807, 2.05) is 12.1 Å². The average molecular weight is 448 g/mol. The molecule has 1 saturated heterocycles. The van der Waals surface area contributed by atoms with Crippen LogP contribution >= 0.6 is 11.8 Å². The van der Waals surface area contributed by atoms with Gasteiger partial charge in [-0.15, -0.1) is 0 Å². The van der Waals surface area contributed by atoms with Gasteiger partial charge in [0.1, 0.15) is 10.8 Å². The third-order valence-electron chi connectivity index (χ3n) is 6.30. The Bertz CT molecular complexity index is 1170. The predicted octanol–water partition coefficient (Wildman–Crippen LogP) is 5.50. The van der Waals surface area contributed by atoms with Crippen LogP contribution in [-0.4, -0.2) is 41.4 Å². The number of thioether (sulfide) groups is 1. The van der Waals surface area contributed by atoms with Crippen molar-refractivity contribution in [1.82, 2.24) is 9.88 Å². The molecule has 0 N–H and O–H groups in total. The van der Waals surface area contributed by atoms with Gasteiger partial charge in [-0.2, -0.15) is 0 Å². The van der Waals surface area contributed by atoms with Crippen molar-refractivity contribution >= 4 is 27.8 Å². The fourth-order valence-corrected chi connectivity index (χ4v) is 5.32. The Hall–Kier alpha value is -2.57. The number of methoxy groups -OCH3 is 1. The normalized spacial score (nSPS) is 19.5. The van der Waals surface area contributed by atoms with Gasteiger partial charge in [0.15, 0.2) is 5.17 Å². The number of benzene rings is 2. The minimum atomic E-state index is 0.229. The van der Waals surface area contributed by atoms with Crippen molar-refractivity contribution in [2.24, 2.45) is 4.99 Å². The third kappa shape index (κ3) is 4.34. The Balaban J connectivity index is 1.50. The summed E-state index contributed by atoms with van der Waals surface area (Å²) < 4.78 is 11.4. The summed E-state index contributed by atoms with van der Waals surface area (Å²) in [6.07, 6.45) is 2.45. The molecule has 3 aromatic rings. The van der Waals surface area contributed by atoms with Crippen LogP contribution in [0.3, 0.4) is 0 Å². The fraction of sp³-hybridized carbons (Fsp3) is 0.385. The van der Waals surface area contributed by atoms with E-state index in [-0.39, 0.29) is 6.10 Å². The number of pyridine rings is 1. The minimum absolute atomic E-state index is 0.229. The van der Waals surface area contributed by atoms with Crippen molar-refractivity contribution < 1.29 is 9.47 Å². The van der Waals surface area contributed by atoms with Gasteiger partial charge in [-0.1, -0.05) is 18.2 Å². The van der Waals surface area contributed by atoms with E-state index in [0.717, 1.165) is 59.6 Å². The maximum absolute atomic E-state index is 5.82. The van der Waals surface area contributed by atoms with Gasteiger partial charge in [-0.05, 0) is 73.8 Å². The molecule has 0 unspecified atom stereocenters. The van der Waals surface area contributed by atoms with E-state index in [1.165, 1.54) is 22.1 Å². The maximum atomic E-state index is 5.82. The summed E-state index contributed by atoms with van der Waals surface area (Å²) in [5.74, 6) is 0.907. The summed E-state index contributed by atoms with van der Waals surface area (Å²) in [7, 11) is 1.73. The van der Waals surface area contributed by atoms with Crippen LogP contribution in [0.15, 0.2) is 52.5 Å². The van der Waals surface area contributed by atoms with Gasteiger partial charge in [0, 0.05) is 36.2 Å². The van der Waals surface area contributed by atoms with Gasteiger partial charge in [-0.25, -0.2) is 4.98 Å². The number of amidine groups is 1. The van der Waals surface area contributed by atoms with E-state index in [1.54, 1.807) is 18.9 Å². The number of aliphatic imine (C=N–C) groups is 1. The highest BCUT2D eigenvalue weighted by Crippen LogP contribution is 2.35. The third-order valence-corrected chi connectivity index (χ3v) is 7.41. The van der Waals surface area contributed by atoms with Crippen LogP contribution in [0.1, 0.15) is 35.1 Å². The van der Waals surface area contributed by atoms with Gasteiger partial charge in [0.25, 0.3) is 0 Å². The van der Waals surface area contributed by atoms with E-state index in [9.17, 15) is 0 Å². The lowest BCUT2D eigenvalue weighted by atomic mass is 10.0. The largest absolute Gasteiger partial charge is 0.496 e. The molecule has 0 spiro atoms. The highest BCUT2D eigenvalue weighted by Gasteiger charge is 2.26. The van der Waals surface area contributed by atoms with E-state index in [0.29, 0.717) is 6.54 Å². The first-order valence-electron chi connectivity index (χ1n) is 11.2. The smallest absolute Gasteiger partial charge is 0.166 e. The number of hydrogen-bond donors (Lipinski definition) is 0. The first-order chi connectivity index (χ1) is 15.6. The Kier molecular flexibility index (Phi) is 6.07. The molecule has 32 heavy (non-hydrogen) atoms. The van der Waals surface area contributed by atoms with E-state index >= 15 is 0 Å². The summed E-state index contributed by atoms with van der Waals surface area (Å²) in [4.78, 5) is 12.4. The highest BCUT2D eigenvalue weighted by molar-refractivity contribution is 8.13. The molecule has 0 amide bonds. The zero-order chi connectivity index (χ0) is 22.1. The van der Waals surface area contributed by atoms with Crippen molar-refractivity contribution in [3.05, 3.63) is 64.7 Å². The molecule has 1 atom stereocenters. The number of nitrogens with zero attached hydrogens (tertiary/aromatic N) is 3. The van der Waals surface area contributed by atoms with Gasteiger partial charge < -0.3 is 14.4 Å². The number of aryl methyl sites for hydroxylation is 2. The van der Waals surface area contributed by atoms with Crippen LogP contribution < -0.4 is 4.74 Å². The Labute approximate surface area is 193 Å². The van der Waals surface area contributed by atoms with Crippen molar-refractivity contribution in [1.29, 1.82) is 0 Å². The lowest BCUT2D eigenvalue weighted by Crippen LogP contribution is -2.32. The zero-order valence-corrected chi connectivity index (χ0v) is 19.7. The summed E-state index contributed by atoms with van der Waals surface area (Å²) in [6, 6.07) is 14.9. The molecule has 2 aromatic carbocycles. The van der Waals surface area contributed by atoms with E-state index < -0.39 is 0 Å². The number of hydrogen-bond acceptors (Lipinski definition) is 5. The lowest BCUT2D eigenvalue weighted by Gasteiger charge is -2.31. The second-order valence-electron chi connectivity index (χ2n) is 8.61. The predicted molar refractivity (Wildman–Crippen MR) is 131 cm³/mol. The van der Waals surface area contributed by atoms with Crippen LogP contribution in [0, 0.1) is 13.8 Å². The average Bonchev–Trinajstić information content (AvgIpc) is 3.31. The van der Waals surface area contributed by atoms with Crippen molar-refractivity contribution in [2.45, 2.75) is 50.9 Å². The van der Waals surface area contributed by atoms with Crippen LogP contribution in [0.25, 0.3) is 10.9 Å². The second-order valence-corrected chi connectivity index (χ2v) is 9.57. The quantitative estimate of drug-likeness (QED) is 0.517. The molecule has 1 fully saturated rings. The fourth-order valence-electron chi connectivity index (χ4n) is 4.36. The molecular weight excluding hydrogens is 418 g/mol. The number of para-hydroxylation sites is 1. The molecule has 6 heteroatoms. The molecule has 3 heterocycles. The lowest BCUT2D eigenvalue weighted by molar-refractivity contribution is 0.117. The maximum Gasteiger partial charge on any atom is 0.166 e. The topological polar surface area (TPSA) is 47.0 Å². The summed E-state index contributed by atoms with van der Waals surface area (Å²) in [6.45, 7) is 7.38. The van der Waals surface area contributed by atoms with Crippen LogP contribution in [-0.2, 0) is 17.8 Å². The summed E-state index contributed by atoms with van der Waals surface area (Å²) in [5, 5.41) is 3.27. The van der Waals surface area contributed by atoms with Crippen molar-refractivity contribution in [3.8, 4) is 5.75 Å². The first kappa shape index (κ1) is 21.3. The van der Waals surface area contributed by atoms with Crippen molar-refractivity contribution in [3.63, 3.8) is 0 Å².